The maximum Gasteiger partial charge on any atom is 0.0507 e. The van der Waals surface area contributed by atoms with Crippen molar-refractivity contribution in [2.75, 3.05) is 6.54 Å². The molecule has 0 aliphatic heterocycles. The molecular formula is C16H26N2. The molecule has 2 heteroatoms. The van der Waals surface area contributed by atoms with Gasteiger partial charge in [-0.15, -0.1) is 0 Å². The molecule has 2 nitrogen and oxygen atoms in total. The number of hydrogen-bond donors (Lipinski definition) is 2. The maximum absolute atomic E-state index is 6.43. The van der Waals surface area contributed by atoms with E-state index >= 15 is 0 Å². The van der Waals surface area contributed by atoms with Crippen molar-refractivity contribution in [3.8, 4) is 0 Å². The van der Waals surface area contributed by atoms with Crippen molar-refractivity contribution in [2.24, 2.45) is 16.6 Å². The van der Waals surface area contributed by atoms with Crippen LogP contribution in [0.1, 0.15) is 40.2 Å². The van der Waals surface area contributed by atoms with Crippen molar-refractivity contribution in [2.45, 2.75) is 46.2 Å². The van der Waals surface area contributed by atoms with Crippen LogP contribution in [-0.2, 0) is 5.54 Å². The van der Waals surface area contributed by atoms with Crippen molar-refractivity contribution in [1.29, 1.82) is 0 Å². The Balaban J connectivity index is 2.00. The monoisotopic (exact) mass is 246 g/mol. The average Bonchev–Trinajstić information content (AvgIpc) is 2.68. The fraction of sp³-hybridized carbons (Fsp3) is 0.625. The highest BCUT2D eigenvalue weighted by molar-refractivity contribution is 5.24. The van der Waals surface area contributed by atoms with Crippen LogP contribution < -0.4 is 11.1 Å². The summed E-state index contributed by atoms with van der Waals surface area (Å²) in [6, 6.07) is 10.9. The van der Waals surface area contributed by atoms with Gasteiger partial charge in [0.05, 0.1) is 5.54 Å². The molecule has 1 unspecified atom stereocenters. The molecule has 0 aromatic heterocycles. The fourth-order valence-corrected chi connectivity index (χ4v) is 2.94. The van der Waals surface area contributed by atoms with E-state index in [1.165, 1.54) is 5.56 Å². The minimum atomic E-state index is -0.310. The Morgan fingerprint density at radius 1 is 1.11 bits per heavy atom. The van der Waals surface area contributed by atoms with Gasteiger partial charge in [-0.25, -0.2) is 0 Å². The quantitative estimate of drug-likeness (QED) is 0.857. The van der Waals surface area contributed by atoms with Gasteiger partial charge in [0.2, 0.25) is 0 Å². The third-order valence-electron chi connectivity index (χ3n) is 5.13. The molecule has 100 valence electrons. The lowest BCUT2D eigenvalue weighted by molar-refractivity contribution is 0.421. The molecule has 0 bridgehead atoms. The zero-order valence-electron chi connectivity index (χ0n) is 12.2. The van der Waals surface area contributed by atoms with Gasteiger partial charge in [-0.05, 0) is 23.3 Å². The first kappa shape index (κ1) is 13.6. The van der Waals surface area contributed by atoms with Gasteiger partial charge in [0.15, 0.2) is 0 Å². The molecule has 1 saturated carbocycles. The van der Waals surface area contributed by atoms with Crippen molar-refractivity contribution >= 4 is 0 Å². The Labute approximate surface area is 111 Å². The van der Waals surface area contributed by atoms with Gasteiger partial charge in [0, 0.05) is 12.6 Å². The SMILES string of the molecule is CC(N)(CNC1C(C)(C)C1(C)C)c1ccccc1. The molecule has 1 atom stereocenters. The number of rotatable bonds is 4. The normalized spacial score (nSPS) is 24.6. The number of nitrogens with one attached hydrogen (secondary N) is 1. The Morgan fingerprint density at radius 3 is 2.06 bits per heavy atom. The molecule has 2 rings (SSSR count). The van der Waals surface area contributed by atoms with Gasteiger partial charge < -0.3 is 11.1 Å². The largest absolute Gasteiger partial charge is 0.321 e. The number of hydrogen-bond acceptors (Lipinski definition) is 2. The lowest BCUT2D eigenvalue weighted by Gasteiger charge is -2.26. The summed E-state index contributed by atoms with van der Waals surface area (Å²) in [5.41, 5.74) is 8.03. The summed E-state index contributed by atoms with van der Waals surface area (Å²) < 4.78 is 0. The molecule has 0 heterocycles. The van der Waals surface area contributed by atoms with Crippen LogP contribution in [0.2, 0.25) is 0 Å². The molecule has 0 spiro atoms. The minimum Gasteiger partial charge on any atom is -0.321 e. The van der Waals surface area contributed by atoms with Crippen LogP contribution in [0, 0.1) is 10.8 Å². The first-order valence-electron chi connectivity index (χ1n) is 6.77. The molecule has 1 aromatic rings. The molecule has 0 amide bonds. The molecule has 1 fully saturated rings. The predicted molar refractivity (Wildman–Crippen MR) is 77.3 cm³/mol. The second-order valence-corrected chi connectivity index (χ2v) is 7.04. The van der Waals surface area contributed by atoms with Gasteiger partial charge in [-0.1, -0.05) is 58.0 Å². The lowest BCUT2D eigenvalue weighted by atomic mass is 9.93. The second-order valence-electron chi connectivity index (χ2n) is 7.04. The number of benzene rings is 1. The summed E-state index contributed by atoms with van der Waals surface area (Å²) in [6.45, 7) is 12.2. The Hall–Kier alpha value is -0.860. The maximum atomic E-state index is 6.43. The Bertz CT molecular complexity index is 404. The van der Waals surface area contributed by atoms with Crippen LogP contribution in [0.5, 0.6) is 0 Å². The highest BCUT2D eigenvalue weighted by Gasteiger charge is 2.64. The van der Waals surface area contributed by atoms with Crippen LogP contribution >= 0.6 is 0 Å². The summed E-state index contributed by atoms with van der Waals surface area (Å²) in [5.74, 6) is 0. The van der Waals surface area contributed by atoms with E-state index in [-0.39, 0.29) is 5.54 Å². The average molecular weight is 246 g/mol. The van der Waals surface area contributed by atoms with Crippen LogP contribution in [-0.4, -0.2) is 12.6 Å². The van der Waals surface area contributed by atoms with E-state index in [4.69, 9.17) is 5.73 Å². The first-order chi connectivity index (χ1) is 8.19. The highest BCUT2D eigenvalue weighted by Crippen LogP contribution is 2.62. The fourth-order valence-electron chi connectivity index (χ4n) is 2.94. The van der Waals surface area contributed by atoms with E-state index in [0.717, 1.165) is 6.54 Å². The molecule has 1 aliphatic carbocycles. The summed E-state index contributed by atoms with van der Waals surface area (Å²) in [6.07, 6.45) is 0. The lowest BCUT2D eigenvalue weighted by Crippen LogP contribution is -2.45. The highest BCUT2D eigenvalue weighted by atomic mass is 15.1. The molecule has 3 N–H and O–H groups in total. The van der Waals surface area contributed by atoms with Gasteiger partial charge in [0.1, 0.15) is 0 Å². The van der Waals surface area contributed by atoms with E-state index in [1.54, 1.807) is 0 Å². The summed E-state index contributed by atoms with van der Waals surface area (Å²) in [5, 5.41) is 3.65. The van der Waals surface area contributed by atoms with Crippen molar-refractivity contribution in [1.82, 2.24) is 5.32 Å². The van der Waals surface area contributed by atoms with E-state index in [0.29, 0.717) is 16.9 Å². The summed E-state index contributed by atoms with van der Waals surface area (Å²) >= 11 is 0. The van der Waals surface area contributed by atoms with E-state index in [2.05, 4.69) is 52.1 Å². The van der Waals surface area contributed by atoms with Crippen molar-refractivity contribution in [3.63, 3.8) is 0 Å². The van der Waals surface area contributed by atoms with Crippen LogP contribution in [0.25, 0.3) is 0 Å². The first-order valence-corrected chi connectivity index (χ1v) is 6.77. The molecule has 0 saturated heterocycles. The molecule has 1 aliphatic rings. The second kappa shape index (κ2) is 4.07. The molecular weight excluding hydrogens is 220 g/mol. The Morgan fingerprint density at radius 2 is 1.61 bits per heavy atom. The van der Waals surface area contributed by atoms with E-state index < -0.39 is 0 Å². The predicted octanol–water partition coefficient (Wildman–Crippen LogP) is 2.88. The van der Waals surface area contributed by atoms with Crippen molar-refractivity contribution in [3.05, 3.63) is 35.9 Å². The van der Waals surface area contributed by atoms with Gasteiger partial charge >= 0.3 is 0 Å². The Kier molecular flexibility index (Phi) is 3.07. The minimum absolute atomic E-state index is 0.310. The third-order valence-corrected chi connectivity index (χ3v) is 5.13. The topological polar surface area (TPSA) is 38.0 Å². The van der Waals surface area contributed by atoms with Crippen LogP contribution in [0.4, 0.5) is 0 Å². The smallest absolute Gasteiger partial charge is 0.0507 e. The third kappa shape index (κ3) is 2.08. The van der Waals surface area contributed by atoms with Crippen molar-refractivity contribution < 1.29 is 0 Å². The molecule has 0 radical (unpaired) electrons. The van der Waals surface area contributed by atoms with Gasteiger partial charge in [-0.2, -0.15) is 0 Å². The zero-order valence-corrected chi connectivity index (χ0v) is 12.2. The van der Waals surface area contributed by atoms with Crippen LogP contribution in [0.15, 0.2) is 30.3 Å². The van der Waals surface area contributed by atoms with Gasteiger partial charge in [-0.3, -0.25) is 0 Å². The number of nitrogens with two attached hydrogens (primary N) is 1. The zero-order chi connectivity index (χ0) is 13.6. The molecule has 1 aromatic carbocycles. The summed E-state index contributed by atoms with van der Waals surface area (Å²) in [7, 11) is 0. The molecule has 18 heavy (non-hydrogen) atoms. The van der Waals surface area contributed by atoms with E-state index in [1.807, 2.05) is 18.2 Å². The standard InChI is InChI=1S/C16H26N2/c1-14(2)13(15(14,3)4)18-11-16(5,17)12-9-7-6-8-10-12/h6-10,13,18H,11,17H2,1-5H3. The van der Waals surface area contributed by atoms with Gasteiger partial charge in [0.25, 0.3) is 0 Å². The van der Waals surface area contributed by atoms with Crippen LogP contribution in [0.3, 0.4) is 0 Å². The summed E-state index contributed by atoms with van der Waals surface area (Å²) in [4.78, 5) is 0. The van der Waals surface area contributed by atoms with E-state index in [9.17, 15) is 0 Å².